The minimum atomic E-state index is -0.213. The smallest absolute Gasteiger partial charge is 0.259 e. The lowest BCUT2D eigenvalue weighted by Gasteiger charge is -2.07. The number of nitrogens with one attached hydrogen (secondary N) is 1. The quantitative estimate of drug-likeness (QED) is 0.808. The Morgan fingerprint density at radius 2 is 2.00 bits per heavy atom. The number of carbonyl (C=O) groups excluding carboxylic acids is 1. The lowest BCUT2D eigenvalue weighted by atomic mass is 10.3. The minimum Gasteiger partial charge on any atom is -0.325 e. The largest absolute Gasteiger partial charge is 0.325 e. The molecule has 0 radical (unpaired) electrons. The van der Waals surface area contributed by atoms with Crippen LogP contribution in [0.2, 0.25) is 0 Å². The molecule has 0 fully saturated rings. The van der Waals surface area contributed by atoms with Crippen LogP contribution in [-0.2, 0) is 11.3 Å². The lowest BCUT2D eigenvalue weighted by Crippen LogP contribution is -2.26. The number of nitrogens with zero attached hydrogens (tertiary/aromatic N) is 1. The van der Waals surface area contributed by atoms with Gasteiger partial charge in [-0.05, 0) is 31.2 Å². The number of aromatic nitrogens is 1. The molecular weight excluding hydrogens is 284 g/mol. The van der Waals surface area contributed by atoms with Gasteiger partial charge in [-0.1, -0.05) is 18.2 Å². The number of hydrogen-bond donors (Lipinski definition) is 1. The van der Waals surface area contributed by atoms with Crippen LogP contribution < -0.4 is 10.9 Å². The average Bonchev–Trinajstić information content (AvgIpc) is 2.85. The van der Waals surface area contributed by atoms with Gasteiger partial charge in [-0.15, -0.1) is 11.3 Å². The molecule has 1 N–H and O–H groups in total. The fourth-order valence-corrected chi connectivity index (χ4v) is 3.11. The van der Waals surface area contributed by atoms with Crippen molar-refractivity contribution in [3.63, 3.8) is 0 Å². The van der Waals surface area contributed by atoms with Crippen molar-refractivity contribution >= 4 is 33.0 Å². The Bertz CT molecular complexity index is 850. The summed E-state index contributed by atoms with van der Waals surface area (Å²) in [7, 11) is 0. The van der Waals surface area contributed by atoms with E-state index in [2.05, 4.69) is 5.32 Å². The fraction of sp³-hybridized carbons (Fsp3) is 0.125. The summed E-state index contributed by atoms with van der Waals surface area (Å²) in [6, 6.07) is 13.0. The molecule has 0 spiro atoms. The zero-order valence-electron chi connectivity index (χ0n) is 11.5. The third kappa shape index (κ3) is 2.87. The van der Waals surface area contributed by atoms with Crippen LogP contribution in [0.3, 0.4) is 0 Å². The van der Waals surface area contributed by atoms with E-state index in [9.17, 15) is 9.59 Å². The number of fused-ring (bicyclic) bond motifs is 1. The maximum atomic E-state index is 12.3. The van der Waals surface area contributed by atoms with Gasteiger partial charge in [-0.25, -0.2) is 0 Å². The number of pyridine rings is 1. The first-order valence-corrected chi connectivity index (χ1v) is 7.39. The lowest BCUT2D eigenvalue weighted by molar-refractivity contribution is -0.116. The Kier molecular flexibility index (Phi) is 3.58. The summed E-state index contributed by atoms with van der Waals surface area (Å²) in [6.45, 7) is 1.98. The Balaban J connectivity index is 1.83. The van der Waals surface area contributed by atoms with Crippen molar-refractivity contribution in [1.29, 1.82) is 0 Å². The minimum absolute atomic E-state index is 0.0125. The second-order valence-corrected chi connectivity index (χ2v) is 6.09. The topological polar surface area (TPSA) is 51.1 Å². The monoisotopic (exact) mass is 298 g/mol. The molecule has 3 rings (SSSR count). The van der Waals surface area contributed by atoms with Crippen LogP contribution in [0.4, 0.5) is 5.69 Å². The summed E-state index contributed by atoms with van der Waals surface area (Å²) in [6.07, 6.45) is 1.67. The van der Waals surface area contributed by atoms with Crippen molar-refractivity contribution in [1.82, 2.24) is 4.57 Å². The molecule has 0 aliphatic rings. The van der Waals surface area contributed by atoms with Gasteiger partial charge in [-0.3, -0.25) is 9.59 Å². The van der Waals surface area contributed by atoms with Gasteiger partial charge in [0.05, 0.1) is 5.39 Å². The summed E-state index contributed by atoms with van der Waals surface area (Å²) in [5, 5.41) is 3.45. The first-order chi connectivity index (χ1) is 10.1. The van der Waals surface area contributed by atoms with Crippen LogP contribution in [0, 0.1) is 6.92 Å². The summed E-state index contributed by atoms with van der Waals surface area (Å²) >= 11 is 1.58. The van der Waals surface area contributed by atoms with Gasteiger partial charge < -0.3 is 9.88 Å². The number of para-hydroxylation sites is 1. The summed E-state index contributed by atoms with van der Waals surface area (Å²) in [5.74, 6) is -0.213. The Hall–Kier alpha value is -2.40. The van der Waals surface area contributed by atoms with Crippen molar-refractivity contribution < 1.29 is 4.79 Å². The van der Waals surface area contributed by atoms with Crippen LogP contribution in [0.15, 0.2) is 53.5 Å². The highest BCUT2D eigenvalue weighted by Crippen LogP contribution is 2.21. The van der Waals surface area contributed by atoms with Gasteiger partial charge in [0.1, 0.15) is 6.54 Å². The molecule has 106 valence electrons. The fourth-order valence-electron chi connectivity index (χ4n) is 2.20. The van der Waals surface area contributed by atoms with Crippen LogP contribution >= 0.6 is 11.3 Å². The molecule has 0 saturated heterocycles. The number of rotatable bonds is 3. The highest BCUT2D eigenvalue weighted by Gasteiger charge is 2.09. The molecule has 2 aromatic heterocycles. The van der Waals surface area contributed by atoms with Gasteiger partial charge in [0.25, 0.3) is 5.56 Å². The molecule has 5 heteroatoms. The van der Waals surface area contributed by atoms with E-state index in [-0.39, 0.29) is 18.0 Å². The molecule has 2 heterocycles. The van der Waals surface area contributed by atoms with E-state index in [0.29, 0.717) is 5.39 Å². The first kappa shape index (κ1) is 13.6. The molecule has 0 aliphatic carbocycles. The summed E-state index contributed by atoms with van der Waals surface area (Å²) < 4.78 is 2.39. The predicted molar refractivity (Wildman–Crippen MR) is 85.9 cm³/mol. The first-order valence-electron chi connectivity index (χ1n) is 6.58. The average molecular weight is 298 g/mol. The van der Waals surface area contributed by atoms with Crippen LogP contribution in [-0.4, -0.2) is 10.5 Å². The van der Waals surface area contributed by atoms with Crippen molar-refractivity contribution in [3.05, 3.63) is 63.9 Å². The summed E-state index contributed by atoms with van der Waals surface area (Å²) in [5.41, 5.74) is 0.600. The van der Waals surface area contributed by atoms with E-state index in [4.69, 9.17) is 0 Å². The van der Waals surface area contributed by atoms with Gasteiger partial charge in [0.2, 0.25) is 5.91 Å². The number of thiophene rings is 1. The van der Waals surface area contributed by atoms with Crippen molar-refractivity contribution in [2.45, 2.75) is 13.5 Å². The number of amides is 1. The van der Waals surface area contributed by atoms with Crippen LogP contribution in [0.5, 0.6) is 0 Å². The Morgan fingerprint density at radius 1 is 1.24 bits per heavy atom. The highest BCUT2D eigenvalue weighted by atomic mass is 32.1. The van der Waals surface area contributed by atoms with E-state index in [0.717, 1.165) is 15.3 Å². The Labute approximate surface area is 125 Å². The normalized spacial score (nSPS) is 10.7. The van der Waals surface area contributed by atoms with E-state index in [1.807, 2.05) is 49.4 Å². The standard InChI is InChI=1S/C16H14N2O2S/c1-11-9-13-14(21-11)7-8-18(16(13)20)10-15(19)17-12-5-3-2-4-6-12/h2-9H,10H2,1H3,(H,17,19). The van der Waals surface area contributed by atoms with Crippen molar-refractivity contribution in [2.75, 3.05) is 5.32 Å². The van der Waals surface area contributed by atoms with Crippen LogP contribution in [0.1, 0.15) is 4.88 Å². The number of hydrogen-bond acceptors (Lipinski definition) is 3. The van der Waals surface area contributed by atoms with E-state index in [1.165, 1.54) is 4.57 Å². The molecule has 0 saturated carbocycles. The zero-order chi connectivity index (χ0) is 14.8. The van der Waals surface area contributed by atoms with Gasteiger partial charge in [-0.2, -0.15) is 0 Å². The molecule has 0 unspecified atom stereocenters. The van der Waals surface area contributed by atoms with E-state index in [1.54, 1.807) is 17.5 Å². The van der Waals surface area contributed by atoms with Crippen molar-refractivity contribution in [2.24, 2.45) is 0 Å². The molecular formula is C16H14N2O2S. The van der Waals surface area contributed by atoms with E-state index >= 15 is 0 Å². The molecule has 1 amide bonds. The van der Waals surface area contributed by atoms with Crippen LogP contribution in [0.25, 0.3) is 10.1 Å². The Morgan fingerprint density at radius 3 is 2.76 bits per heavy atom. The predicted octanol–water partition coefficient (Wildman–Crippen LogP) is 3.01. The zero-order valence-corrected chi connectivity index (χ0v) is 12.3. The molecule has 21 heavy (non-hydrogen) atoms. The number of anilines is 1. The van der Waals surface area contributed by atoms with Gasteiger partial charge in [0, 0.05) is 21.5 Å². The molecule has 0 bridgehead atoms. The third-order valence-electron chi connectivity index (χ3n) is 3.15. The SMILES string of the molecule is Cc1cc2c(=O)n(CC(=O)Nc3ccccc3)ccc2s1. The number of benzene rings is 1. The number of aryl methyl sites for hydroxylation is 1. The van der Waals surface area contributed by atoms with Crippen molar-refractivity contribution in [3.8, 4) is 0 Å². The second-order valence-electron chi connectivity index (χ2n) is 4.80. The molecule has 0 atom stereocenters. The molecule has 1 aromatic carbocycles. The second kappa shape index (κ2) is 5.54. The molecule has 3 aromatic rings. The maximum absolute atomic E-state index is 12.3. The number of carbonyl (C=O) groups is 1. The molecule has 0 aliphatic heterocycles. The van der Waals surface area contributed by atoms with E-state index < -0.39 is 0 Å². The van der Waals surface area contributed by atoms with Gasteiger partial charge in [0.15, 0.2) is 0 Å². The highest BCUT2D eigenvalue weighted by molar-refractivity contribution is 7.18. The third-order valence-corrected chi connectivity index (χ3v) is 4.17. The van der Waals surface area contributed by atoms with Gasteiger partial charge >= 0.3 is 0 Å². The summed E-state index contributed by atoms with van der Waals surface area (Å²) in [4.78, 5) is 25.4. The maximum Gasteiger partial charge on any atom is 0.259 e. The molecule has 4 nitrogen and oxygen atoms in total.